The maximum absolute atomic E-state index is 12.2. The van der Waals surface area contributed by atoms with E-state index in [4.69, 9.17) is 16.3 Å². The smallest absolute Gasteiger partial charge is 0.339 e. The van der Waals surface area contributed by atoms with Gasteiger partial charge in [0.1, 0.15) is 0 Å². The number of amides is 1. The molecule has 2 heterocycles. The van der Waals surface area contributed by atoms with Gasteiger partial charge in [-0.15, -0.1) is 0 Å². The van der Waals surface area contributed by atoms with E-state index in [1.165, 1.54) is 11.3 Å². The van der Waals surface area contributed by atoms with Crippen molar-refractivity contribution in [2.24, 2.45) is 0 Å². The summed E-state index contributed by atoms with van der Waals surface area (Å²) in [6.45, 7) is 2.43. The Balaban J connectivity index is 1.47. The van der Waals surface area contributed by atoms with E-state index in [0.717, 1.165) is 18.8 Å². The lowest BCUT2D eigenvalue weighted by molar-refractivity contribution is -0.134. The predicted octanol–water partition coefficient (Wildman–Crippen LogP) is 2.91. The van der Waals surface area contributed by atoms with Crippen LogP contribution in [0.4, 0.5) is 5.69 Å². The number of carbonyl (C=O) groups excluding carboxylic acids is 2. The molecule has 1 aliphatic rings. The first kappa shape index (κ1) is 16.8. The van der Waals surface area contributed by atoms with E-state index in [2.05, 4.69) is 4.90 Å². The molecule has 1 saturated heterocycles. The molecule has 0 radical (unpaired) electrons. The Labute approximate surface area is 149 Å². The summed E-state index contributed by atoms with van der Waals surface area (Å²) in [5, 5.41) is 4.20. The van der Waals surface area contributed by atoms with Gasteiger partial charge in [-0.05, 0) is 29.6 Å². The molecule has 0 N–H and O–H groups in total. The second-order valence-corrected chi connectivity index (χ2v) is 6.65. The molecular formula is C17H17ClN2O3S. The Hall–Kier alpha value is -2.05. The zero-order chi connectivity index (χ0) is 16.9. The molecule has 0 saturated carbocycles. The van der Waals surface area contributed by atoms with Crippen LogP contribution in [-0.2, 0) is 9.53 Å². The molecule has 2 aromatic rings. The van der Waals surface area contributed by atoms with Crippen molar-refractivity contribution in [3.8, 4) is 0 Å². The van der Waals surface area contributed by atoms with Crippen LogP contribution >= 0.6 is 22.9 Å². The molecule has 0 bridgehead atoms. The van der Waals surface area contributed by atoms with Gasteiger partial charge in [0.2, 0.25) is 0 Å². The number of ether oxygens (including phenoxy) is 1. The lowest BCUT2D eigenvalue weighted by Gasteiger charge is -2.36. The van der Waals surface area contributed by atoms with Gasteiger partial charge in [0.15, 0.2) is 6.61 Å². The number of benzene rings is 1. The third kappa shape index (κ3) is 4.07. The first-order valence-corrected chi connectivity index (χ1v) is 8.93. The highest BCUT2D eigenvalue weighted by molar-refractivity contribution is 7.08. The number of piperazine rings is 1. The maximum atomic E-state index is 12.2. The van der Waals surface area contributed by atoms with Crippen molar-refractivity contribution >= 4 is 40.5 Å². The van der Waals surface area contributed by atoms with Crippen LogP contribution in [0.2, 0.25) is 5.02 Å². The van der Waals surface area contributed by atoms with Crippen LogP contribution in [0.25, 0.3) is 0 Å². The number of esters is 1. The SMILES string of the molecule is O=C(OCC(=O)N1CCN(c2cccc(Cl)c2)CC1)c1ccsc1. The van der Waals surface area contributed by atoms with Gasteiger partial charge >= 0.3 is 5.97 Å². The number of rotatable bonds is 4. The maximum Gasteiger partial charge on any atom is 0.339 e. The summed E-state index contributed by atoms with van der Waals surface area (Å²) in [6.07, 6.45) is 0. The summed E-state index contributed by atoms with van der Waals surface area (Å²) in [5.41, 5.74) is 1.54. The number of hydrogen-bond acceptors (Lipinski definition) is 5. The standard InChI is InChI=1S/C17H17ClN2O3S/c18-14-2-1-3-15(10-14)19-5-7-20(8-6-19)16(21)11-23-17(22)13-4-9-24-12-13/h1-4,9-10,12H,5-8,11H2. The van der Waals surface area contributed by atoms with E-state index in [-0.39, 0.29) is 12.5 Å². The van der Waals surface area contributed by atoms with E-state index >= 15 is 0 Å². The molecule has 1 amide bonds. The molecule has 126 valence electrons. The quantitative estimate of drug-likeness (QED) is 0.783. The summed E-state index contributed by atoms with van der Waals surface area (Å²) < 4.78 is 5.07. The van der Waals surface area contributed by atoms with Crippen LogP contribution in [0.15, 0.2) is 41.1 Å². The largest absolute Gasteiger partial charge is 0.452 e. The molecular weight excluding hydrogens is 348 g/mol. The third-order valence-electron chi connectivity index (χ3n) is 3.89. The van der Waals surface area contributed by atoms with E-state index in [1.807, 2.05) is 24.3 Å². The number of anilines is 1. The van der Waals surface area contributed by atoms with Crippen LogP contribution in [0, 0.1) is 0 Å². The molecule has 1 aromatic carbocycles. The van der Waals surface area contributed by atoms with Gasteiger partial charge in [0, 0.05) is 42.3 Å². The number of carbonyl (C=O) groups is 2. The minimum atomic E-state index is -0.456. The molecule has 0 aliphatic carbocycles. The van der Waals surface area contributed by atoms with Crippen molar-refractivity contribution in [2.45, 2.75) is 0 Å². The molecule has 3 rings (SSSR count). The highest BCUT2D eigenvalue weighted by Crippen LogP contribution is 2.20. The fourth-order valence-electron chi connectivity index (χ4n) is 2.57. The van der Waals surface area contributed by atoms with E-state index in [9.17, 15) is 9.59 Å². The van der Waals surface area contributed by atoms with Crippen molar-refractivity contribution in [3.63, 3.8) is 0 Å². The van der Waals surface area contributed by atoms with Crippen LogP contribution in [0.3, 0.4) is 0 Å². The molecule has 5 nitrogen and oxygen atoms in total. The summed E-state index contributed by atoms with van der Waals surface area (Å²) in [4.78, 5) is 27.8. The lowest BCUT2D eigenvalue weighted by atomic mass is 10.2. The summed E-state index contributed by atoms with van der Waals surface area (Å²) in [5.74, 6) is -0.619. The molecule has 24 heavy (non-hydrogen) atoms. The Morgan fingerprint density at radius 2 is 1.96 bits per heavy atom. The summed E-state index contributed by atoms with van der Waals surface area (Å²) in [6, 6.07) is 9.36. The molecule has 0 unspecified atom stereocenters. The van der Waals surface area contributed by atoms with Crippen molar-refractivity contribution in [1.29, 1.82) is 0 Å². The zero-order valence-electron chi connectivity index (χ0n) is 13.0. The number of hydrogen-bond donors (Lipinski definition) is 0. The zero-order valence-corrected chi connectivity index (χ0v) is 14.6. The van der Waals surface area contributed by atoms with Crippen molar-refractivity contribution in [2.75, 3.05) is 37.7 Å². The topological polar surface area (TPSA) is 49.9 Å². The third-order valence-corrected chi connectivity index (χ3v) is 4.81. The van der Waals surface area contributed by atoms with Gasteiger partial charge in [-0.3, -0.25) is 4.79 Å². The minimum absolute atomic E-state index is 0.163. The van der Waals surface area contributed by atoms with E-state index in [0.29, 0.717) is 23.7 Å². The van der Waals surface area contributed by atoms with Crippen molar-refractivity contribution in [3.05, 3.63) is 51.7 Å². The van der Waals surface area contributed by atoms with E-state index < -0.39 is 5.97 Å². The lowest BCUT2D eigenvalue weighted by Crippen LogP contribution is -2.49. The summed E-state index contributed by atoms with van der Waals surface area (Å²) >= 11 is 7.44. The first-order chi connectivity index (χ1) is 11.6. The second-order valence-electron chi connectivity index (χ2n) is 5.44. The molecule has 1 fully saturated rings. The van der Waals surface area contributed by atoms with Crippen molar-refractivity contribution in [1.82, 2.24) is 4.90 Å². The van der Waals surface area contributed by atoms with Crippen LogP contribution in [0.1, 0.15) is 10.4 Å². The average molecular weight is 365 g/mol. The van der Waals surface area contributed by atoms with Gasteiger partial charge in [-0.2, -0.15) is 11.3 Å². The van der Waals surface area contributed by atoms with Crippen molar-refractivity contribution < 1.29 is 14.3 Å². The Morgan fingerprint density at radius 1 is 1.17 bits per heavy atom. The van der Waals surface area contributed by atoms with Gasteiger partial charge in [0.05, 0.1) is 5.56 Å². The number of nitrogens with zero attached hydrogens (tertiary/aromatic N) is 2. The average Bonchev–Trinajstić information content (AvgIpc) is 3.14. The predicted molar refractivity (Wildman–Crippen MR) is 94.8 cm³/mol. The number of thiophene rings is 1. The number of halogens is 1. The monoisotopic (exact) mass is 364 g/mol. The highest BCUT2D eigenvalue weighted by atomic mass is 35.5. The molecule has 7 heteroatoms. The van der Waals surface area contributed by atoms with Gasteiger partial charge in [-0.1, -0.05) is 17.7 Å². The van der Waals surface area contributed by atoms with Gasteiger partial charge < -0.3 is 14.5 Å². The Kier molecular flexibility index (Phi) is 5.37. The normalized spacial score (nSPS) is 14.5. The first-order valence-electron chi connectivity index (χ1n) is 7.61. The Bertz CT molecular complexity index is 712. The van der Waals surface area contributed by atoms with Crippen LogP contribution in [-0.4, -0.2) is 49.6 Å². The van der Waals surface area contributed by atoms with E-state index in [1.54, 1.807) is 21.7 Å². The molecule has 1 aliphatic heterocycles. The fourth-order valence-corrected chi connectivity index (χ4v) is 3.38. The van der Waals surface area contributed by atoms with Crippen LogP contribution in [0.5, 0.6) is 0 Å². The second kappa shape index (κ2) is 7.68. The Morgan fingerprint density at radius 3 is 2.62 bits per heavy atom. The fraction of sp³-hybridized carbons (Fsp3) is 0.294. The van der Waals surface area contributed by atoms with Gasteiger partial charge in [-0.25, -0.2) is 4.79 Å². The molecule has 0 spiro atoms. The summed E-state index contributed by atoms with van der Waals surface area (Å²) in [7, 11) is 0. The molecule has 1 aromatic heterocycles. The minimum Gasteiger partial charge on any atom is -0.452 e. The van der Waals surface area contributed by atoms with Gasteiger partial charge in [0.25, 0.3) is 5.91 Å². The highest BCUT2D eigenvalue weighted by Gasteiger charge is 2.22. The molecule has 0 atom stereocenters. The van der Waals surface area contributed by atoms with Crippen LogP contribution < -0.4 is 4.90 Å².